The number of anilines is 1. The van der Waals surface area contributed by atoms with Gasteiger partial charge in [-0.1, -0.05) is 18.2 Å². The second-order valence-electron chi connectivity index (χ2n) is 4.98. The minimum absolute atomic E-state index is 0.0399. The van der Waals surface area contributed by atoms with E-state index in [-0.39, 0.29) is 5.91 Å². The van der Waals surface area contributed by atoms with Crippen LogP contribution in [0.25, 0.3) is 0 Å². The molecule has 0 aliphatic rings. The third-order valence-electron chi connectivity index (χ3n) is 3.06. The first kappa shape index (κ1) is 15.2. The molecule has 3 N–H and O–H groups in total. The van der Waals surface area contributed by atoms with E-state index < -0.39 is 0 Å². The van der Waals surface area contributed by atoms with Crippen molar-refractivity contribution in [2.24, 2.45) is 5.73 Å². The van der Waals surface area contributed by atoms with E-state index in [1.807, 2.05) is 48.3 Å². The second kappa shape index (κ2) is 7.52. The Morgan fingerprint density at radius 3 is 2.62 bits per heavy atom. The van der Waals surface area contributed by atoms with Crippen molar-refractivity contribution < 1.29 is 4.79 Å². The van der Waals surface area contributed by atoms with Crippen LogP contribution in [0.1, 0.15) is 11.1 Å². The molecule has 0 atom stereocenters. The maximum absolute atomic E-state index is 12.0. The Morgan fingerprint density at radius 2 is 2.00 bits per heavy atom. The Kier molecular flexibility index (Phi) is 5.43. The number of carbonyl (C=O) groups excluding carboxylic acids is 1. The van der Waals surface area contributed by atoms with Gasteiger partial charge in [-0.05, 0) is 36.4 Å². The van der Waals surface area contributed by atoms with Gasteiger partial charge < -0.3 is 11.1 Å². The van der Waals surface area contributed by atoms with Crippen molar-refractivity contribution in [1.29, 1.82) is 0 Å². The average Bonchev–Trinajstić information content (AvgIpc) is 2.48. The molecule has 0 spiro atoms. The summed E-state index contributed by atoms with van der Waals surface area (Å²) < 4.78 is 0. The van der Waals surface area contributed by atoms with Gasteiger partial charge >= 0.3 is 0 Å². The lowest BCUT2D eigenvalue weighted by molar-refractivity contribution is -0.117. The molecule has 110 valence electrons. The van der Waals surface area contributed by atoms with Crippen molar-refractivity contribution in [3.63, 3.8) is 0 Å². The zero-order valence-corrected chi connectivity index (χ0v) is 12.1. The molecule has 0 fully saturated rings. The summed E-state index contributed by atoms with van der Waals surface area (Å²) in [6.07, 6.45) is 3.54. The molecule has 0 saturated heterocycles. The van der Waals surface area contributed by atoms with Gasteiger partial charge in [0.2, 0.25) is 5.91 Å². The Morgan fingerprint density at radius 1 is 1.24 bits per heavy atom. The molecule has 1 amide bonds. The average molecular weight is 284 g/mol. The standard InChI is InChI=1S/C16H20N4O/c1-20(11-14-3-2-8-18-10-14)12-16(21)19-15-6-4-13(9-17)5-7-15/h2-8,10H,9,11-12,17H2,1H3,(H,19,21). The normalized spacial score (nSPS) is 10.6. The fourth-order valence-electron chi connectivity index (χ4n) is 2.03. The van der Waals surface area contributed by atoms with Crippen molar-refractivity contribution in [1.82, 2.24) is 9.88 Å². The van der Waals surface area contributed by atoms with Crippen molar-refractivity contribution in [3.8, 4) is 0 Å². The van der Waals surface area contributed by atoms with Gasteiger partial charge in [0, 0.05) is 31.2 Å². The van der Waals surface area contributed by atoms with Gasteiger partial charge in [0.25, 0.3) is 0 Å². The number of aromatic nitrogens is 1. The summed E-state index contributed by atoms with van der Waals surface area (Å²) in [5.41, 5.74) is 8.45. The van der Waals surface area contributed by atoms with E-state index in [4.69, 9.17) is 5.73 Å². The third kappa shape index (κ3) is 4.98. The lowest BCUT2D eigenvalue weighted by Gasteiger charge is -2.16. The number of nitrogens with one attached hydrogen (secondary N) is 1. The number of carbonyl (C=O) groups is 1. The Balaban J connectivity index is 1.83. The minimum atomic E-state index is -0.0399. The number of hydrogen-bond acceptors (Lipinski definition) is 4. The summed E-state index contributed by atoms with van der Waals surface area (Å²) in [4.78, 5) is 18.0. The zero-order chi connectivity index (χ0) is 15.1. The van der Waals surface area contributed by atoms with Crippen LogP contribution in [0.2, 0.25) is 0 Å². The second-order valence-corrected chi connectivity index (χ2v) is 4.98. The molecule has 1 aromatic heterocycles. The first-order valence-electron chi connectivity index (χ1n) is 6.83. The molecule has 0 unspecified atom stereocenters. The van der Waals surface area contributed by atoms with E-state index in [1.165, 1.54) is 0 Å². The summed E-state index contributed by atoms with van der Waals surface area (Å²) >= 11 is 0. The van der Waals surface area contributed by atoms with Crippen LogP contribution in [0.5, 0.6) is 0 Å². The van der Waals surface area contributed by atoms with Gasteiger partial charge in [-0.25, -0.2) is 0 Å². The fourth-order valence-corrected chi connectivity index (χ4v) is 2.03. The van der Waals surface area contributed by atoms with E-state index in [9.17, 15) is 4.79 Å². The van der Waals surface area contributed by atoms with Gasteiger partial charge in [0.05, 0.1) is 6.54 Å². The van der Waals surface area contributed by atoms with Crippen LogP contribution < -0.4 is 11.1 Å². The highest BCUT2D eigenvalue weighted by Gasteiger charge is 2.07. The Labute approximate surface area is 124 Å². The molecule has 0 aliphatic carbocycles. The van der Waals surface area contributed by atoms with Crippen LogP contribution in [0.3, 0.4) is 0 Å². The van der Waals surface area contributed by atoms with E-state index in [1.54, 1.807) is 12.4 Å². The molecule has 0 aliphatic heterocycles. The third-order valence-corrected chi connectivity index (χ3v) is 3.06. The summed E-state index contributed by atoms with van der Waals surface area (Å²) in [6.45, 7) is 1.52. The summed E-state index contributed by atoms with van der Waals surface area (Å²) in [6, 6.07) is 11.4. The van der Waals surface area contributed by atoms with E-state index in [0.717, 1.165) is 16.8 Å². The van der Waals surface area contributed by atoms with Crippen molar-refractivity contribution in [2.75, 3.05) is 18.9 Å². The predicted molar refractivity (Wildman–Crippen MR) is 83.5 cm³/mol. The number of rotatable bonds is 6. The van der Waals surface area contributed by atoms with Crippen LogP contribution in [-0.4, -0.2) is 29.4 Å². The molecule has 1 aromatic carbocycles. The first-order chi connectivity index (χ1) is 10.2. The van der Waals surface area contributed by atoms with Crippen LogP contribution in [0, 0.1) is 0 Å². The number of hydrogen-bond donors (Lipinski definition) is 2. The number of benzene rings is 1. The van der Waals surface area contributed by atoms with Crippen LogP contribution >= 0.6 is 0 Å². The highest BCUT2D eigenvalue weighted by atomic mass is 16.2. The molecule has 0 saturated carbocycles. The summed E-state index contributed by atoms with van der Waals surface area (Å²) in [5.74, 6) is -0.0399. The molecule has 21 heavy (non-hydrogen) atoms. The largest absolute Gasteiger partial charge is 0.326 e. The Hall–Kier alpha value is -2.24. The van der Waals surface area contributed by atoms with Gasteiger partial charge in [0.15, 0.2) is 0 Å². The molecular formula is C16H20N4O. The molecule has 2 rings (SSSR count). The number of pyridine rings is 1. The van der Waals surface area contributed by atoms with Crippen molar-refractivity contribution in [3.05, 3.63) is 59.9 Å². The maximum Gasteiger partial charge on any atom is 0.238 e. The van der Waals surface area contributed by atoms with Gasteiger partial charge in [-0.2, -0.15) is 0 Å². The van der Waals surface area contributed by atoms with Crippen molar-refractivity contribution in [2.45, 2.75) is 13.1 Å². The molecule has 1 heterocycles. The lowest BCUT2D eigenvalue weighted by atomic mass is 10.2. The molecule has 0 bridgehead atoms. The van der Waals surface area contributed by atoms with Crippen LogP contribution in [0.15, 0.2) is 48.8 Å². The zero-order valence-electron chi connectivity index (χ0n) is 12.1. The topological polar surface area (TPSA) is 71.2 Å². The van der Waals surface area contributed by atoms with E-state index in [2.05, 4.69) is 10.3 Å². The minimum Gasteiger partial charge on any atom is -0.326 e. The summed E-state index contributed by atoms with van der Waals surface area (Å²) in [7, 11) is 1.91. The maximum atomic E-state index is 12.0. The highest BCUT2D eigenvalue weighted by Crippen LogP contribution is 2.09. The monoisotopic (exact) mass is 284 g/mol. The quantitative estimate of drug-likeness (QED) is 0.845. The molecule has 0 radical (unpaired) electrons. The smallest absolute Gasteiger partial charge is 0.238 e. The number of amides is 1. The van der Waals surface area contributed by atoms with E-state index in [0.29, 0.717) is 19.6 Å². The van der Waals surface area contributed by atoms with Crippen LogP contribution in [-0.2, 0) is 17.9 Å². The lowest BCUT2D eigenvalue weighted by Crippen LogP contribution is -2.29. The fraction of sp³-hybridized carbons (Fsp3) is 0.250. The molecular weight excluding hydrogens is 264 g/mol. The Bertz CT molecular complexity index is 569. The summed E-state index contributed by atoms with van der Waals surface area (Å²) in [5, 5.41) is 2.87. The SMILES string of the molecule is CN(CC(=O)Nc1ccc(CN)cc1)Cc1cccnc1. The van der Waals surface area contributed by atoms with Gasteiger partial charge in [-0.3, -0.25) is 14.7 Å². The van der Waals surface area contributed by atoms with Crippen LogP contribution in [0.4, 0.5) is 5.69 Å². The first-order valence-corrected chi connectivity index (χ1v) is 6.83. The van der Waals surface area contributed by atoms with Gasteiger partial charge in [0.1, 0.15) is 0 Å². The van der Waals surface area contributed by atoms with E-state index >= 15 is 0 Å². The van der Waals surface area contributed by atoms with Gasteiger partial charge in [-0.15, -0.1) is 0 Å². The number of likely N-dealkylation sites (N-methyl/N-ethyl adjacent to an activating group) is 1. The molecule has 2 aromatic rings. The molecule has 5 nitrogen and oxygen atoms in total. The highest BCUT2D eigenvalue weighted by molar-refractivity contribution is 5.92. The molecule has 5 heteroatoms. The number of nitrogens with two attached hydrogens (primary N) is 1. The predicted octanol–water partition coefficient (Wildman–Crippen LogP) is 1.61. The number of nitrogens with zero attached hydrogens (tertiary/aromatic N) is 2. The van der Waals surface area contributed by atoms with Crippen molar-refractivity contribution >= 4 is 11.6 Å².